The molecule has 1 aliphatic rings. The van der Waals surface area contributed by atoms with Crippen molar-refractivity contribution >= 4 is 11.8 Å². The van der Waals surface area contributed by atoms with E-state index in [2.05, 4.69) is 4.74 Å². The zero-order valence-corrected chi connectivity index (χ0v) is 16.4. The molecule has 1 N–H and O–H groups in total. The summed E-state index contributed by atoms with van der Waals surface area (Å²) in [4.78, 5) is 23.1. The molecule has 0 heterocycles. The van der Waals surface area contributed by atoms with Crippen LogP contribution >= 0.6 is 0 Å². The molecule has 26 heavy (non-hydrogen) atoms. The molecule has 0 amide bonds. The minimum atomic E-state index is -0.495. The summed E-state index contributed by atoms with van der Waals surface area (Å²) in [7, 11) is 3.02. The maximum atomic E-state index is 12.2. The number of aliphatic hydroxyl groups excluding tert-OH is 1. The van der Waals surface area contributed by atoms with Gasteiger partial charge < -0.3 is 14.6 Å². The second-order valence-corrected chi connectivity index (χ2v) is 7.12. The van der Waals surface area contributed by atoms with Gasteiger partial charge in [0.15, 0.2) is 0 Å². The predicted octanol–water partition coefficient (Wildman–Crippen LogP) is 3.46. The molecule has 0 spiro atoms. The maximum Gasteiger partial charge on any atom is 0.330 e. The summed E-state index contributed by atoms with van der Waals surface area (Å²) in [6, 6.07) is 0. The lowest BCUT2D eigenvalue weighted by atomic mass is 9.89. The number of unbranched alkanes of at least 4 members (excludes halogenated alkanes) is 2. The molecule has 0 aromatic carbocycles. The smallest absolute Gasteiger partial charge is 0.330 e. The zero-order valence-electron chi connectivity index (χ0n) is 16.4. The number of allylic oxidation sites excluding steroid dienone is 2. The largest absolute Gasteiger partial charge is 0.466 e. The van der Waals surface area contributed by atoms with Crippen molar-refractivity contribution in [1.82, 2.24) is 0 Å². The van der Waals surface area contributed by atoms with Crippen molar-refractivity contribution in [2.24, 2.45) is 17.8 Å². The van der Waals surface area contributed by atoms with Crippen molar-refractivity contribution in [3.8, 4) is 0 Å². The first-order valence-corrected chi connectivity index (χ1v) is 9.62. The van der Waals surface area contributed by atoms with E-state index in [9.17, 15) is 14.7 Å². The molecule has 0 aromatic heterocycles. The first-order chi connectivity index (χ1) is 12.5. The Bertz CT molecular complexity index is 483. The first kappa shape index (κ1) is 22.6. The molecule has 0 bridgehead atoms. The van der Waals surface area contributed by atoms with Gasteiger partial charge in [-0.2, -0.15) is 0 Å². The van der Waals surface area contributed by atoms with Crippen molar-refractivity contribution in [1.29, 1.82) is 0 Å². The van der Waals surface area contributed by atoms with Crippen LogP contribution in [0.1, 0.15) is 51.9 Å². The van der Waals surface area contributed by atoms with E-state index in [1.807, 2.05) is 25.2 Å². The molecule has 0 radical (unpaired) electrons. The second kappa shape index (κ2) is 12.8. The minimum absolute atomic E-state index is 0.0670. The summed E-state index contributed by atoms with van der Waals surface area (Å²) in [6.45, 7) is 2.65. The van der Waals surface area contributed by atoms with Crippen LogP contribution in [0.3, 0.4) is 0 Å². The monoisotopic (exact) mass is 366 g/mol. The van der Waals surface area contributed by atoms with Gasteiger partial charge in [0.05, 0.1) is 13.2 Å². The lowest BCUT2D eigenvalue weighted by molar-refractivity contribution is -0.134. The van der Waals surface area contributed by atoms with Gasteiger partial charge in [0.1, 0.15) is 5.78 Å². The van der Waals surface area contributed by atoms with Gasteiger partial charge in [0, 0.05) is 32.1 Å². The topological polar surface area (TPSA) is 72.8 Å². The third kappa shape index (κ3) is 8.28. The molecule has 4 atom stereocenters. The quantitative estimate of drug-likeness (QED) is 0.248. The Balaban J connectivity index is 2.39. The molecule has 0 saturated heterocycles. The fraction of sp³-hybridized carbons (Fsp3) is 0.714. The number of rotatable bonds is 12. The lowest BCUT2D eigenvalue weighted by Crippen LogP contribution is -2.18. The molecule has 1 fully saturated rings. The van der Waals surface area contributed by atoms with E-state index < -0.39 is 6.10 Å². The molecular weight excluding hydrogens is 332 g/mol. The van der Waals surface area contributed by atoms with E-state index in [4.69, 9.17) is 4.74 Å². The third-order valence-electron chi connectivity index (χ3n) is 5.16. The van der Waals surface area contributed by atoms with Crippen LogP contribution in [0, 0.1) is 17.8 Å². The Labute approximate surface area is 157 Å². The van der Waals surface area contributed by atoms with Crippen LogP contribution < -0.4 is 0 Å². The summed E-state index contributed by atoms with van der Waals surface area (Å²) < 4.78 is 9.60. The number of aliphatic hydroxyl groups is 1. The van der Waals surface area contributed by atoms with E-state index in [-0.39, 0.29) is 23.7 Å². The van der Waals surface area contributed by atoms with Gasteiger partial charge in [0.25, 0.3) is 0 Å². The van der Waals surface area contributed by atoms with Crippen LogP contribution in [0.2, 0.25) is 0 Å². The summed E-state index contributed by atoms with van der Waals surface area (Å²) >= 11 is 0. The molecule has 1 saturated carbocycles. The molecule has 1 rings (SSSR count). The molecule has 148 valence electrons. The fourth-order valence-electron chi connectivity index (χ4n) is 3.33. The van der Waals surface area contributed by atoms with Crippen LogP contribution in [-0.4, -0.2) is 43.8 Å². The highest BCUT2D eigenvalue weighted by molar-refractivity contribution is 5.83. The molecular formula is C21H34O5. The van der Waals surface area contributed by atoms with Crippen LogP contribution in [0.4, 0.5) is 0 Å². The molecule has 2 unspecified atom stereocenters. The van der Waals surface area contributed by atoms with E-state index in [0.29, 0.717) is 18.8 Å². The Hall–Kier alpha value is -1.46. The standard InChI is InChI=1S/C21H34O5/c1-16(14-15-25-2)19(22)12-10-17-11-13-20(23)18(17)8-6-4-5-7-9-21(24)26-3/h7,9-10,12,16-19,22H,4-6,8,11,13-15H2,1-3H3/b9-7+,12-10+/t16?,17-,18+,19?/m0/s1. The minimum Gasteiger partial charge on any atom is -0.466 e. The van der Waals surface area contributed by atoms with Gasteiger partial charge in [-0.3, -0.25) is 4.79 Å². The summed E-state index contributed by atoms with van der Waals surface area (Å²) in [5.41, 5.74) is 0. The Morgan fingerprint density at radius 2 is 2.12 bits per heavy atom. The van der Waals surface area contributed by atoms with Crippen LogP contribution in [0.5, 0.6) is 0 Å². The number of esters is 1. The summed E-state index contributed by atoms with van der Waals surface area (Å²) in [5.74, 6) is 0.448. The van der Waals surface area contributed by atoms with Crippen molar-refractivity contribution in [3.63, 3.8) is 0 Å². The van der Waals surface area contributed by atoms with Crippen molar-refractivity contribution in [2.45, 2.75) is 58.0 Å². The average molecular weight is 366 g/mol. The number of ketones is 1. The van der Waals surface area contributed by atoms with Gasteiger partial charge in [-0.1, -0.05) is 31.6 Å². The van der Waals surface area contributed by atoms with Crippen molar-refractivity contribution < 1.29 is 24.2 Å². The van der Waals surface area contributed by atoms with Crippen molar-refractivity contribution in [3.05, 3.63) is 24.3 Å². The van der Waals surface area contributed by atoms with Crippen LogP contribution in [0.15, 0.2) is 24.3 Å². The normalized spacial score (nSPS) is 23.0. The van der Waals surface area contributed by atoms with Crippen molar-refractivity contribution in [2.75, 3.05) is 20.8 Å². The zero-order chi connectivity index (χ0) is 19.4. The molecule has 5 nitrogen and oxygen atoms in total. The number of hydrogen-bond donors (Lipinski definition) is 1. The van der Waals surface area contributed by atoms with E-state index in [1.165, 1.54) is 13.2 Å². The molecule has 0 aliphatic heterocycles. The Morgan fingerprint density at radius 3 is 2.81 bits per heavy atom. The van der Waals surface area contributed by atoms with E-state index in [0.717, 1.165) is 38.5 Å². The Morgan fingerprint density at radius 1 is 1.35 bits per heavy atom. The molecule has 1 aliphatic carbocycles. The van der Waals surface area contributed by atoms with Crippen LogP contribution in [0.25, 0.3) is 0 Å². The number of Topliss-reactive ketones (excluding diaryl/α,β-unsaturated/α-hetero) is 1. The molecule has 5 heteroatoms. The number of ether oxygens (including phenoxy) is 2. The maximum absolute atomic E-state index is 12.2. The number of carbonyl (C=O) groups excluding carboxylic acids is 2. The van der Waals surface area contributed by atoms with Gasteiger partial charge >= 0.3 is 5.97 Å². The first-order valence-electron chi connectivity index (χ1n) is 9.62. The van der Waals surface area contributed by atoms with Gasteiger partial charge in [-0.05, 0) is 43.9 Å². The van der Waals surface area contributed by atoms with E-state index >= 15 is 0 Å². The van der Waals surface area contributed by atoms with Gasteiger partial charge in [-0.15, -0.1) is 0 Å². The Kier molecular flexibility index (Phi) is 11.1. The van der Waals surface area contributed by atoms with Crippen LogP contribution in [-0.2, 0) is 19.1 Å². The number of hydrogen-bond acceptors (Lipinski definition) is 5. The second-order valence-electron chi connectivity index (χ2n) is 7.12. The summed E-state index contributed by atoms with van der Waals surface area (Å²) in [5, 5.41) is 10.2. The SMILES string of the molecule is COCCC(C)C(O)/C=C/[C@H]1CCC(=O)[C@@H]1CCCC/C=C/C(=O)OC. The third-order valence-corrected chi connectivity index (χ3v) is 5.16. The average Bonchev–Trinajstić information content (AvgIpc) is 2.99. The van der Waals surface area contributed by atoms with Gasteiger partial charge in [-0.25, -0.2) is 4.79 Å². The fourth-order valence-corrected chi connectivity index (χ4v) is 3.33. The number of carbonyl (C=O) groups is 2. The number of methoxy groups -OCH3 is 2. The highest BCUT2D eigenvalue weighted by Gasteiger charge is 2.32. The molecule has 0 aromatic rings. The van der Waals surface area contributed by atoms with Gasteiger partial charge in [0.2, 0.25) is 0 Å². The van der Waals surface area contributed by atoms with E-state index in [1.54, 1.807) is 7.11 Å². The highest BCUT2D eigenvalue weighted by Crippen LogP contribution is 2.34. The predicted molar refractivity (Wildman–Crippen MR) is 102 cm³/mol. The summed E-state index contributed by atoms with van der Waals surface area (Å²) in [6.07, 6.45) is 12.6. The highest BCUT2D eigenvalue weighted by atomic mass is 16.5. The lowest BCUT2D eigenvalue weighted by Gasteiger charge is -2.18.